The molecule has 0 bridgehead atoms. The summed E-state index contributed by atoms with van der Waals surface area (Å²) in [7, 11) is 0. The number of nitrogens with one attached hydrogen (secondary N) is 1. The number of hydrogen-bond donors (Lipinski definition) is 1. The maximum Gasteiger partial charge on any atom is 0.0526 e. The summed E-state index contributed by atoms with van der Waals surface area (Å²) in [6.45, 7) is 6.79. The molecule has 1 heterocycles. The van der Waals surface area contributed by atoms with E-state index >= 15 is 0 Å². The van der Waals surface area contributed by atoms with Crippen molar-refractivity contribution in [1.29, 1.82) is 0 Å². The fourth-order valence-corrected chi connectivity index (χ4v) is 4.98. The molecule has 0 aromatic heterocycles. The molecule has 0 fully saturated rings. The molecule has 1 aliphatic heterocycles. The van der Waals surface area contributed by atoms with E-state index in [1.54, 1.807) is 0 Å². The van der Waals surface area contributed by atoms with Crippen molar-refractivity contribution in [3.05, 3.63) is 72.3 Å². The largest absolute Gasteiger partial charge is 0.354 e. The highest BCUT2D eigenvalue weighted by Gasteiger charge is 2.19. The van der Waals surface area contributed by atoms with Crippen LogP contribution in [-0.4, -0.2) is 0 Å². The van der Waals surface area contributed by atoms with Gasteiger partial charge in [-0.3, -0.25) is 0 Å². The second-order valence-corrected chi connectivity index (χ2v) is 9.40. The van der Waals surface area contributed by atoms with Crippen LogP contribution in [0, 0.1) is 0 Å². The van der Waals surface area contributed by atoms with Crippen LogP contribution in [0.3, 0.4) is 0 Å². The molecule has 0 aliphatic carbocycles. The van der Waals surface area contributed by atoms with Gasteiger partial charge in [0.15, 0.2) is 0 Å². The van der Waals surface area contributed by atoms with Gasteiger partial charge in [-0.25, -0.2) is 0 Å². The van der Waals surface area contributed by atoms with Gasteiger partial charge in [0, 0.05) is 19.6 Å². The fourth-order valence-electron chi connectivity index (χ4n) is 2.84. The van der Waals surface area contributed by atoms with Crippen molar-refractivity contribution in [3.63, 3.8) is 0 Å². The highest BCUT2D eigenvalue weighted by atomic mass is 32.2. The molecule has 0 saturated heterocycles. The van der Waals surface area contributed by atoms with Gasteiger partial charge >= 0.3 is 0 Å². The van der Waals surface area contributed by atoms with Crippen LogP contribution in [0.4, 0.5) is 11.4 Å². The molecule has 3 aromatic rings. The Balaban J connectivity index is 1.91. The molecule has 1 N–H and O–H groups in total. The number of fused-ring (bicyclic) bond motifs is 3. The van der Waals surface area contributed by atoms with Gasteiger partial charge in [0.05, 0.1) is 11.4 Å². The Morgan fingerprint density at radius 2 is 1.20 bits per heavy atom. The van der Waals surface area contributed by atoms with Gasteiger partial charge in [0.25, 0.3) is 0 Å². The van der Waals surface area contributed by atoms with Crippen molar-refractivity contribution >= 4 is 34.9 Å². The summed E-state index contributed by atoms with van der Waals surface area (Å²) in [4.78, 5) is 5.13. The lowest BCUT2D eigenvalue weighted by Crippen LogP contribution is -2.11. The van der Waals surface area contributed by atoms with Crippen LogP contribution in [-0.2, 0) is 5.41 Å². The first kappa shape index (κ1) is 16.6. The molecule has 25 heavy (non-hydrogen) atoms. The van der Waals surface area contributed by atoms with Crippen molar-refractivity contribution in [1.82, 2.24) is 0 Å². The van der Waals surface area contributed by atoms with Crippen LogP contribution in [0.5, 0.6) is 0 Å². The van der Waals surface area contributed by atoms with Crippen molar-refractivity contribution in [2.24, 2.45) is 0 Å². The first-order valence-corrected chi connectivity index (χ1v) is 10.1. The summed E-state index contributed by atoms with van der Waals surface area (Å²) in [6.07, 6.45) is 0. The number of rotatable bonds is 0. The van der Waals surface area contributed by atoms with Crippen LogP contribution in [0.2, 0.25) is 0 Å². The molecule has 1 nitrogen and oxygen atoms in total. The first-order chi connectivity index (χ1) is 12.0. The van der Waals surface area contributed by atoms with Crippen LogP contribution in [0.1, 0.15) is 26.3 Å². The van der Waals surface area contributed by atoms with E-state index in [1.807, 2.05) is 23.5 Å². The van der Waals surface area contributed by atoms with E-state index in [0.29, 0.717) is 0 Å². The van der Waals surface area contributed by atoms with E-state index in [2.05, 4.69) is 92.8 Å². The zero-order chi connectivity index (χ0) is 17.4. The van der Waals surface area contributed by atoms with Crippen molar-refractivity contribution < 1.29 is 0 Å². The highest BCUT2D eigenvalue weighted by Crippen LogP contribution is 2.46. The Bertz CT molecular complexity index is 919. The minimum atomic E-state index is 0.139. The van der Waals surface area contributed by atoms with Crippen molar-refractivity contribution in [2.45, 2.75) is 45.8 Å². The summed E-state index contributed by atoms with van der Waals surface area (Å²) in [6, 6.07) is 24.0. The fraction of sp³-hybridized carbons (Fsp3) is 0.182. The van der Waals surface area contributed by atoms with Gasteiger partial charge in [-0.15, -0.1) is 0 Å². The quantitative estimate of drug-likeness (QED) is 0.351. The first-order valence-electron chi connectivity index (χ1n) is 8.46. The number of anilines is 2. The van der Waals surface area contributed by atoms with E-state index in [1.165, 1.54) is 30.8 Å². The normalized spacial score (nSPS) is 13.4. The Labute approximate surface area is 158 Å². The highest BCUT2D eigenvalue weighted by molar-refractivity contribution is 8.02. The maximum absolute atomic E-state index is 3.65. The van der Waals surface area contributed by atoms with Gasteiger partial charge in [0.1, 0.15) is 0 Å². The lowest BCUT2D eigenvalue weighted by molar-refractivity contribution is 0.589. The number of benzene rings is 3. The molecule has 0 radical (unpaired) electrons. The third-order valence-corrected chi connectivity index (χ3v) is 6.71. The molecule has 0 atom stereocenters. The summed E-state index contributed by atoms with van der Waals surface area (Å²) in [5.74, 6) is 0. The second-order valence-electron chi connectivity index (χ2n) is 7.23. The Morgan fingerprint density at radius 1 is 0.640 bits per heavy atom. The van der Waals surface area contributed by atoms with Crippen molar-refractivity contribution in [3.8, 4) is 0 Å². The molecule has 4 rings (SSSR count). The minimum Gasteiger partial charge on any atom is -0.354 e. The van der Waals surface area contributed by atoms with Crippen LogP contribution in [0.15, 0.2) is 86.3 Å². The zero-order valence-corrected chi connectivity index (χ0v) is 16.3. The van der Waals surface area contributed by atoms with Gasteiger partial charge in [-0.2, -0.15) is 0 Å². The van der Waals surface area contributed by atoms with Gasteiger partial charge in [0.2, 0.25) is 0 Å². The third-order valence-electron chi connectivity index (χ3n) is 4.29. The van der Waals surface area contributed by atoms with Crippen molar-refractivity contribution in [2.75, 3.05) is 5.32 Å². The molecular weight excluding hydrogens is 342 g/mol. The zero-order valence-electron chi connectivity index (χ0n) is 14.7. The third kappa shape index (κ3) is 3.44. The summed E-state index contributed by atoms with van der Waals surface area (Å²) >= 11 is 3.67. The topological polar surface area (TPSA) is 12.0 Å². The molecule has 0 unspecified atom stereocenters. The van der Waals surface area contributed by atoms with Crippen LogP contribution in [0.25, 0.3) is 0 Å². The van der Waals surface area contributed by atoms with E-state index in [9.17, 15) is 0 Å². The average Bonchev–Trinajstić information content (AvgIpc) is 2.65. The standard InChI is InChI=1S/C22H21NS2/c1-22(2,3)15-12-13-17-21(14-15)25-20-11-7-6-10-19(20)24-18-9-5-4-8-16(18)23-17/h4-14,23H,1-3H3. The monoisotopic (exact) mass is 363 g/mol. The average molecular weight is 364 g/mol. The molecule has 3 heteroatoms. The maximum atomic E-state index is 3.65. The summed E-state index contributed by atoms with van der Waals surface area (Å²) in [5, 5.41) is 3.65. The molecule has 3 aromatic carbocycles. The van der Waals surface area contributed by atoms with E-state index < -0.39 is 0 Å². The minimum absolute atomic E-state index is 0.139. The predicted octanol–water partition coefficient (Wildman–Crippen LogP) is 7.34. The molecular formula is C22H21NS2. The summed E-state index contributed by atoms with van der Waals surface area (Å²) < 4.78 is 0. The molecule has 0 saturated carbocycles. The SMILES string of the molecule is CC(C)(C)c1ccc2c(c1)Sc1ccccc1Sc1ccccc1N2. The molecule has 1 aliphatic rings. The Hall–Kier alpha value is -1.84. The lowest BCUT2D eigenvalue weighted by Gasteiger charge is -2.21. The van der Waals surface area contributed by atoms with Crippen LogP contribution >= 0.6 is 23.5 Å². The van der Waals surface area contributed by atoms with Gasteiger partial charge in [-0.1, -0.05) is 74.6 Å². The summed E-state index contributed by atoms with van der Waals surface area (Å²) in [5.41, 5.74) is 3.83. The molecule has 126 valence electrons. The number of hydrogen-bond acceptors (Lipinski definition) is 3. The second kappa shape index (κ2) is 6.47. The lowest BCUT2D eigenvalue weighted by atomic mass is 9.87. The van der Waals surface area contributed by atoms with Crippen LogP contribution < -0.4 is 5.32 Å². The molecule has 0 amide bonds. The van der Waals surface area contributed by atoms with Gasteiger partial charge in [-0.05, 0) is 47.4 Å². The smallest absolute Gasteiger partial charge is 0.0526 e. The Morgan fingerprint density at radius 3 is 1.88 bits per heavy atom. The number of para-hydroxylation sites is 1. The predicted molar refractivity (Wildman–Crippen MR) is 110 cm³/mol. The van der Waals surface area contributed by atoms with E-state index in [-0.39, 0.29) is 5.41 Å². The van der Waals surface area contributed by atoms with E-state index in [4.69, 9.17) is 0 Å². The van der Waals surface area contributed by atoms with E-state index in [0.717, 1.165) is 5.69 Å². The van der Waals surface area contributed by atoms with Gasteiger partial charge < -0.3 is 5.32 Å². The molecule has 0 spiro atoms. The Kier molecular flexibility index (Phi) is 4.30.